The fraction of sp³-hybridized carbons (Fsp3) is 0.333. The Morgan fingerprint density at radius 3 is 2.18 bits per heavy atom. The molecule has 0 aromatic heterocycles. The van der Waals surface area contributed by atoms with Crippen molar-refractivity contribution in [1.29, 1.82) is 0 Å². The van der Waals surface area contributed by atoms with E-state index in [0.717, 1.165) is 0 Å². The summed E-state index contributed by atoms with van der Waals surface area (Å²) in [6.45, 7) is 0. The number of guanidine groups is 1. The van der Waals surface area contributed by atoms with Gasteiger partial charge in [0.05, 0.1) is 5.11 Å². The average molecular weight is 163 g/mol. The smallest absolute Gasteiger partial charge is 0.530 e. The summed E-state index contributed by atoms with van der Waals surface area (Å²) in [5.74, 6) is -2.11. The van der Waals surface area contributed by atoms with E-state index in [1.165, 1.54) is 0 Å². The zero-order valence-corrected chi connectivity index (χ0v) is 4.87. The second-order valence-electron chi connectivity index (χ2n) is 1.53. The molecule has 0 bridgehead atoms. The average Bonchev–Trinajstić information content (AvgIpc) is 2.32. The van der Waals surface area contributed by atoms with Crippen molar-refractivity contribution in [3.05, 3.63) is 5.53 Å². The Balaban J connectivity index is 2.98. The van der Waals surface area contributed by atoms with Gasteiger partial charge in [0, 0.05) is 0 Å². The molecule has 1 rings (SSSR count). The summed E-state index contributed by atoms with van der Waals surface area (Å²) in [4.78, 5) is 5.06. The molecule has 0 radical (unpaired) electrons. The topological polar surface area (TPSA) is 73.5 Å². The third-order valence-electron chi connectivity index (χ3n) is 0.783. The van der Waals surface area contributed by atoms with Gasteiger partial charge in [0.2, 0.25) is 0 Å². The molecule has 0 saturated carbocycles. The zero-order valence-electron chi connectivity index (χ0n) is 4.87. The van der Waals surface area contributed by atoms with E-state index < -0.39 is 18.0 Å². The quantitative estimate of drug-likeness (QED) is 0.377. The summed E-state index contributed by atoms with van der Waals surface area (Å²) >= 11 is 0. The van der Waals surface area contributed by atoms with Crippen LogP contribution in [0, 0.1) is 0 Å². The summed E-state index contributed by atoms with van der Waals surface area (Å²) in [5.41, 5.74) is 7.91. The lowest BCUT2D eigenvalue weighted by Crippen LogP contribution is -2.19. The van der Waals surface area contributed by atoms with Crippen molar-refractivity contribution < 1.29 is 18.0 Å². The van der Waals surface area contributed by atoms with Crippen molar-refractivity contribution in [3.8, 4) is 0 Å². The van der Waals surface area contributed by atoms with Gasteiger partial charge >= 0.3 is 18.0 Å². The lowest BCUT2D eigenvalue weighted by Gasteiger charge is -1.93. The van der Waals surface area contributed by atoms with Crippen LogP contribution in [0.4, 0.5) is 13.2 Å². The van der Waals surface area contributed by atoms with Crippen LogP contribution in [-0.2, 0) is 0 Å². The van der Waals surface area contributed by atoms with Crippen molar-refractivity contribution in [2.75, 3.05) is 0 Å². The van der Waals surface area contributed by atoms with E-state index in [1.807, 2.05) is 0 Å². The van der Waals surface area contributed by atoms with Gasteiger partial charge < -0.3 is 10.3 Å². The first-order valence-electron chi connectivity index (χ1n) is 2.33. The molecular weight excluding hydrogens is 163 g/mol. The van der Waals surface area contributed by atoms with Crippen molar-refractivity contribution in [2.24, 2.45) is 15.2 Å². The molecule has 1 aliphatic rings. The molecule has 0 spiro atoms. The number of azo groups is 1. The van der Waals surface area contributed by atoms with Crippen LogP contribution in [0.1, 0.15) is 0 Å². The summed E-state index contributed by atoms with van der Waals surface area (Å²) in [6.07, 6.45) is -4.64. The van der Waals surface area contributed by atoms with Gasteiger partial charge in [-0.15, -0.1) is 0 Å². The van der Waals surface area contributed by atoms with Crippen molar-refractivity contribution in [1.82, 2.24) is 0 Å². The van der Waals surface area contributed by atoms with E-state index >= 15 is 0 Å². The fourth-order valence-corrected chi connectivity index (χ4v) is 0.394. The molecular formula is C3F3N5. The van der Waals surface area contributed by atoms with Gasteiger partial charge in [-0.1, -0.05) is 0 Å². The number of hydrogen-bond acceptors (Lipinski definition) is 1. The third kappa shape index (κ3) is 1.47. The van der Waals surface area contributed by atoms with Gasteiger partial charge in [-0.3, -0.25) is 0 Å². The minimum absolute atomic E-state index is 0.697. The number of hydrogen-bond donors (Lipinski definition) is 0. The summed E-state index contributed by atoms with van der Waals surface area (Å²) in [7, 11) is 0. The Kier molecular flexibility index (Phi) is 1.54. The van der Waals surface area contributed by atoms with Crippen LogP contribution in [0.15, 0.2) is 15.2 Å². The van der Waals surface area contributed by atoms with Crippen molar-refractivity contribution >= 4 is 11.8 Å². The molecule has 0 aromatic carbocycles. The number of amidine groups is 1. The standard InChI is InChI=1S/C3F3N5/c4-3(5,6)1-8-2(9-7)11-10-1. The highest BCUT2D eigenvalue weighted by molar-refractivity contribution is 6.01. The Labute approximate surface area is 57.9 Å². The maximum atomic E-state index is 11.6. The molecule has 0 saturated heterocycles. The maximum Gasteiger partial charge on any atom is 0.530 e. The molecule has 0 aliphatic carbocycles. The maximum absolute atomic E-state index is 11.6. The first-order valence-corrected chi connectivity index (χ1v) is 2.33. The molecule has 11 heavy (non-hydrogen) atoms. The minimum atomic E-state index is -4.64. The molecule has 0 fully saturated rings. The SMILES string of the molecule is [N-]=[N+]=C1N=NC(C(F)(F)F)=N1. The highest BCUT2D eigenvalue weighted by atomic mass is 19.4. The van der Waals surface area contributed by atoms with Gasteiger partial charge in [-0.25, -0.2) is 0 Å². The van der Waals surface area contributed by atoms with Crippen LogP contribution in [0.5, 0.6) is 0 Å². The van der Waals surface area contributed by atoms with Gasteiger partial charge in [-0.05, 0) is 10.1 Å². The van der Waals surface area contributed by atoms with E-state index in [1.54, 1.807) is 0 Å². The molecule has 0 unspecified atom stereocenters. The monoisotopic (exact) mass is 163 g/mol. The van der Waals surface area contributed by atoms with Crippen LogP contribution in [0.25, 0.3) is 5.53 Å². The second kappa shape index (κ2) is 2.24. The first-order chi connectivity index (χ1) is 5.04. The van der Waals surface area contributed by atoms with Gasteiger partial charge in [0.15, 0.2) is 0 Å². The predicted octanol–water partition coefficient (Wildman–Crippen LogP) is 0.999. The molecule has 0 N–H and O–H groups in total. The number of rotatable bonds is 0. The van der Waals surface area contributed by atoms with Crippen molar-refractivity contribution in [2.45, 2.75) is 6.18 Å². The molecule has 58 valence electrons. The molecule has 1 aliphatic heterocycles. The summed E-state index contributed by atoms with van der Waals surface area (Å²) in [6, 6.07) is 0. The molecule has 0 amide bonds. The van der Waals surface area contributed by atoms with E-state index in [-0.39, 0.29) is 0 Å². The Hall–Kier alpha value is -1.56. The first kappa shape index (κ1) is 7.55. The number of nitrogens with zero attached hydrogens (tertiary/aromatic N) is 5. The summed E-state index contributed by atoms with van der Waals surface area (Å²) in [5, 5.41) is 5.42. The highest BCUT2D eigenvalue weighted by Gasteiger charge is 2.44. The van der Waals surface area contributed by atoms with Gasteiger partial charge in [0.1, 0.15) is 0 Å². The summed E-state index contributed by atoms with van der Waals surface area (Å²) < 4.78 is 34.9. The zero-order chi connectivity index (χ0) is 8.48. The number of alkyl halides is 3. The number of halogens is 3. The van der Waals surface area contributed by atoms with Gasteiger partial charge in [0.25, 0.3) is 0 Å². The van der Waals surface area contributed by atoms with Crippen LogP contribution < -0.4 is 0 Å². The molecule has 8 heteroatoms. The molecule has 1 heterocycles. The predicted molar refractivity (Wildman–Crippen MR) is 27.0 cm³/mol. The van der Waals surface area contributed by atoms with Crippen LogP contribution >= 0.6 is 0 Å². The largest absolute Gasteiger partial charge is 0.542 e. The van der Waals surface area contributed by atoms with Crippen molar-refractivity contribution in [3.63, 3.8) is 0 Å². The van der Waals surface area contributed by atoms with Crippen LogP contribution in [0.2, 0.25) is 0 Å². The number of aliphatic imine (C=N–C) groups is 1. The fourth-order valence-electron chi connectivity index (χ4n) is 0.394. The second-order valence-corrected chi connectivity index (χ2v) is 1.53. The Morgan fingerprint density at radius 1 is 1.27 bits per heavy atom. The van der Waals surface area contributed by atoms with Gasteiger partial charge in [-0.2, -0.15) is 13.2 Å². The van der Waals surface area contributed by atoms with Crippen LogP contribution in [-0.4, -0.2) is 22.8 Å². The molecule has 5 nitrogen and oxygen atoms in total. The Bertz CT molecular complexity index is 280. The van der Waals surface area contributed by atoms with E-state index in [4.69, 9.17) is 5.53 Å². The Morgan fingerprint density at radius 2 is 1.91 bits per heavy atom. The normalized spacial score (nSPS) is 16.6. The highest BCUT2D eigenvalue weighted by Crippen LogP contribution is 2.20. The van der Waals surface area contributed by atoms with Crippen LogP contribution in [0.3, 0.4) is 0 Å². The van der Waals surface area contributed by atoms with E-state index in [2.05, 4.69) is 20.0 Å². The van der Waals surface area contributed by atoms with E-state index in [0.29, 0.717) is 0 Å². The lowest BCUT2D eigenvalue weighted by molar-refractivity contribution is -0.0598. The minimum Gasteiger partial charge on any atom is -0.542 e. The molecule has 0 atom stereocenters. The molecule has 0 aromatic rings. The lowest BCUT2D eigenvalue weighted by atomic mass is 10.6. The van der Waals surface area contributed by atoms with E-state index in [9.17, 15) is 13.2 Å². The third-order valence-corrected chi connectivity index (χ3v) is 0.783.